The first kappa shape index (κ1) is 15.5. The van der Waals surface area contributed by atoms with Crippen molar-refractivity contribution in [2.45, 2.75) is 38.4 Å². The average molecular weight is 326 g/mol. The summed E-state index contributed by atoms with van der Waals surface area (Å²) in [5, 5.41) is 4.22. The fraction of sp³-hybridized carbons (Fsp3) is 0.714. The van der Waals surface area contributed by atoms with Gasteiger partial charge in [0.2, 0.25) is 15.9 Å². The van der Waals surface area contributed by atoms with Crippen molar-refractivity contribution in [3.63, 3.8) is 0 Å². The highest BCUT2D eigenvalue weighted by atomic mass is 32.2. The van der Waals surface area contributed by atoms with Crippen LogP contribution in [0.3, 0.4) is 0 Å². The van der Waals surface area contributed by atoms with Gasteiger partial charge in [0.15, 0.2) is 0 Å². The molecule has 1 amide bonds. The van der Waals surface area contributed by atoms with Gasteiger partial charge in [-0.05, 0) is 24.8 Å². The van der Waals surface area contributed by atoms with Crippen LogP contribution in [-0.4, -0.2) is 64.7 Å². The molecule has 0 unspecified atom stereocenters. The van der Waals surface area contributed by atoms with Crippen LogP contribution in [0.5, 0.6) is 0 Å². The molecular weight excluding hydrogens is 304 g/mol. The summed E-state index contributed by atoms with van der Waals surface area (Å²) in [5.74, 6) is 0.283. The van der Waals surface area contributed by atoms with E-state index >= 15 is 0 Å². The second kappa shape index (κ2) is 5.66. The van der Waals surface area contributed by atoms with Gasteiger partial charge < -0.3 is 4.90 Å². The van der Waals surface area contributed by atoms with E-state index in [0.717, 1.165) is 6.42 Å². The van der Waals surface area contributed by atoms with Gasteiger partial charge in [0, 0.05) is 38.4 Å². The van der Waals surface area contributed by atoms with Crippen LogP contribution in [-0.2, 0) is 21.4 Å². The molecule has 0 aliphatic carbocycles. The number of rotatable bonds is 3. The number of amides is 1. The van der Waals surface area contributed by atoms with Gasteiger partial charge in [0.25, 0.3) is 0 Å². The topological polar surface area (TPSA) is 75.5 Å². The van der Waals surface area contributed by atoms with E-state index in [2.05, 4.69) is 5.10 Å². The third-order valence-electron chi connectivity index (χ3n) is 4.77. The van der Waals surface area contributed by atoms with Gasteiger partial charge in [-0.1, -0.05) is 0 Å². The minimum Gasteiger partial charge on any atom is -0.335 e. The number of piperidine rings is 1. The Balaban J connectivity index is 1.78. The largest absolute Gasteiger partial charge is 0.335 e. The quantitative estimate of drug-likeness (QED) is 0.793. The first-order valence-corrected chi connectivity index (χ1v) is 9.42. The van der Waals surface area contributed by atoms with Crippen LogP contribution < -0.4 is 0 Å². The minimum atomic E-state index is -3.16. The summed E-state index contributed by atoms with van der Waals surface area (Å²) in [6.45, 7) is 3.28. The monoisotopic (exact) mass is 326 g/mol. The maximum absolute atomic E-state index is 12.1. The Morgan fingerprint density at radius 3 is 2.77 bits per heavy atom. The lowest BCUT2D eigenvalue weighted by molar-refractivity contribution is -0.132. The Hall–Kier alpha value is -1.41. The smallest absolute Gasteiger partial charge is 0.220 e. The molecule has 1 aromatic rings. The molecule has 0 bridgehead atoms. The molecule has 2 fully saturated rings. The zero-order chi connectivity index (χ0) is 15.9. The number of sulfonamides is 1. The molecule has 22 heavy (non-hydrogen) atoms. The summed E-state index contributed by atoms with van der Waals surface area (Å²) in [4.78, 5) is 14.0. The zero-order valence-corrected chi connectivity index (χ0v) is 13.7. The van der Waals surface area contributed by atoms with E-state index in [4.69, 9.17) is 0 Å². The van der Waals surface area contributed by atoms with Gasteiger partial charge in [0.1, 0.15) is 0 Å². The molecule has 3 rings (SSSR count). The second-order valence-electron chi connectivity index (χ2n) is 6.28. The normalized spacial score (nSPS) is 29.5. The molecule has 0 radical (unpaired) electrons. The maximum Gasteiger partial charge on any atom is 0.220 e. The van der Waals surface area contributed by atoms with Gasteiger partial charge in [-0.2, -0.15) is 5.10 Å². The van der Waals surface area contributed by atoms with E-state index in [1.54, 1.807) is 17.4 Å². The highest BCUT2D eigenvalue weighted by Crippen LogP contribution is 2.36. The zero-order valence-electron chi connectivity index (χ0n) is 12.9. The van der Waals surface area contributed by atoms with Gasteiger partial charge in [-0.25, -0.2) is 12.7 Å². The highest BCUT2D eigenvalue weighted by molar-refractivity contribution is 7.88. The van der Waals surface area contributed by atoms with Crippen molar-refractivity contribution in [1.82, 2.24) is 19.0 Å². The lowest BCUT2D eigenvalue weighted by Crippen LogP contribution is -2.50. The molecule has 0 spiro atoms. The van der Waals surface area contributed by atoms with E-state index in [0.29, 0.717) is 26.1 Å². The molecule has 122 valence electrons. The fourth-order valence-electron chi connectivity index (χ4n) is 3.90. The maximum atomic E-state index is 12.1. The number of hydrogen-bond donors (Lipinski definition) is 0. The summed E-state index contributed by atoms with van der Waals surface area (Å²) < 4.78 is 26.9. The Labute approximate surface area is 130 Å². The third-order valence-corrected chi connectivity index (χ3v) is 6.04. The van der Waals surface area contributed by atoms with Crippen molar-refractivity contribution in [3.05, 3.63) is 18.5 Å². The molecule has 7 nitrogen and oxygen atoms in total. The van der Waals surface area contributed by atoms with Crippen LogP contribution in [0.15, 0.2) is 18.5 Å². The average Bonchev–Trinajstić information content (AvgIpc) is 3.03. The van der Waals surface area contributed by atoms with Crippen LogP contribution in [0, 0.1) is 5.92 Å². The van der Waals surface area contributed by atoms with Crippen LogP contribution in [0.2, 0.25) is 0 Å². The van der Waals surface area contributed by atoms with E-state index in [9.17, 15) is 13.2 Å². The van der Waals surface area contributed by atoms with E-state index in [1.165, 1.54) is 6.26 Å². The number of likely N-dealkylation sites (tertiary alicyclic amines) is 1. The third kappa shape index (κ3) is 2.89. The number of aromatic nitrogens is 2. The number of nitrogens with zero attached hydrogens (tertiary/aromatic N) is 4. The molecule has 8 heteroatoms. The standard InChI is InChI=1S/C14H22N4O3S/c1-11(19)18-13(10-16-6-3-5-15-16)8-12-9-17(22(2,20)21)7-4-14(12)18/h3,5-6,12-14H,4,7-10H2,1-2H3/t12-,13-,14+/m1/s1. The van der Waals surface area contributed by atoms with Gasteiger partial charge in [-0.15, -0.1) is 0 Å². The van der Waals surface area contributed by atoms with Gasteiger partial charge in [-0.3, -0.25) is 9.48 Å². The molecular formula is C14H22N4O3S. The molecule has 1 aromatic heterocycles. The summed E-state index contributed by atoms with van der Waals surface area (Å²) in [5.41, 5.74) is 0. The first-order chi connectivity index (χ1) is 10.4. The summed E-state index contributed by atoms with van der Waals surface area (Å²) in [6.07, 6.45) is 6.42. The molecule has 2 saturated heterocycles. The predicted octanol–water partition coefficient (Wildman–Crippen LogP) is 0.154. The van der Waals surface area contributed by atoms with Crippen molar-refractivity contribution < 1.29 is 13.2 Å². The first-order valence-electron chi connectivity index (χ1n) is 7.57. The summed E-state index contributed by atoms with van der Waals surface area (Å²) in [6, 6.07) is 2.11. The number of carbonyl (C=O) groups is 1. The van der Waals surface area contributed by atoms with E-state index < -0.39 is 10.0 Å². The lowest BCUT2D eigenvalue weighted by Gasteiger charge is -2.37. The molecule has 0 N–H and O–H groups in total. The number of hydrogen-bond acceptors (Lipinski definition) is 4. The van der Waals surface area contributed by atoms with Gasteiger partial charge >= 0.3 is 0 Å². The number of carbonyl (C=O) groups excluding carboxylic acids is 1. The molecule has 2 aliphatic rings. The Morgan fingerprint density at radius 2 is 2.18 bits per heavy atom. The van der Waals surface area contributed by atoms with Crippen molar-refractivity contribution in [2.24, 2.45) is 5.92 Å². The molecule has 2 aliphatic heterocycles. The number of fused-ring (bicyclic) bond motifs is 1. The van der Waals surface area contributed by atoms with E-state index in [-0.39, 0.29) is 23.9 Å². The van der Waals surface area contributed by atoms with Crippen LogP contribution in [0.1, 0.15) is 19.8 Å². The molecule has 0 aromatic carbocycles. The van der Waals surface area contributed by atoms with Crippen LogP contribution >= 0.6 is 0 Å². The van der Waals surface area contributed by atoms with Crippen molar-refractivity contribution in [2.75, 3.05) is 19.3 Å². The van der Waals surface area contributed by atoms with Crippen molar-refractivity contribution in [3.8, 4) is 0 Å². The summed E-state index contributed by atoms with van der Waals surface area (Å²) >= 11 is 0. The lowest BCUT2D eigenvalue weighted by atomic mass is 9.93. The predicted molar refractivity (Wildman–Crippen MR) is 81.5 cm³/mol. The fourth-order valence-corrected chi connectivity index (χ4v) is 4.80. The molecule has 0 saturated carbocycles. The SMILES string of the molecule is CC(=O)N1[C@@H](Cn2cccn2)C[C@@H]2CN(S(C)(=O)=O)CC[C@@H]21. The summed E-state index contributed by atoms with van der Waals surface area (Å²) in [7, 11) is -3.16. The van der Waals surface area contributed by atoms with Gasteiger partial charge in [0.05, 0.1) is 18.8 Å². The van der Waals surface area contributed by atoms with Crippen LogP contribution in [0.4, 0.5) is 0 Å². The van der Waals surface area contributed by atoms with Crippen molar-refractivity contribution >= 4 is 15.9 Å². The highest BCUT2D eigenvalue weighted by Gasteiger charge is 2.46. The second-order valence-corrected chi connectivity index (χ2v) is 8.26. The Bertz CT molecular complexity index is 643. The molecule has 3 atom stereocenters. The minimum absolute atomic E-state index is 0.0671. The Kier molecular flexibility index (Phi) is 3.98. The van der Waals surface area contributed by atoms with Crippen LogP contribution in [0.25, 0.3) is 0 Å². The molecule has 3 heterocycles. The van der Waals surface area contributed by atoms with E-state index in [1.807, 2.05) is 21.8 Å². The van der Waals surface area contributed by atoms with Crippen molar-refractivity contribution in [1.29, 1.82) is 0 Å². The Morgan fingerprint density at radius 1 is 1.41 bits per heavy atom.